The van der Waals surface area contributed by atoms with E-state index in [0.29, 0.717) is 23.0 Å². The maximum atomic E-state index is 13.6. The van der Waals surface area contributed by atoms with Gasteiger partial charge in [0.25, 0.3) is 0 Å². The summed E-state index contributed by atoms with van der Waals surface area (Å²) in [5, 5.41) is 24.7. The number of hydrogen-bond donors (Lipinski definition) is 3. The number of tetrazole rings is 1. The number of amides is 1. The fourth-order valence-corrected chi connectivity index (χ4v) is 7.56. The third-order valence-electron chi connectivity index (χ3n) is 8.27. The molecule has 6 rings (SSSR count). The Balaban J connectivity index is 1.18. The van der Waals surface area contributed by atoms with Crippen molar-refractivity contribution in [3.8, 4) is 0 Å². The molecule has 0 aliphatic carbocycles. The van der Waals surface area contributed by atoms with Gasteiger partial charge in [0.1, 0.15) is 6.04 Å². The van der Waals surface area contributed by atoms with E-state index in [-0.39, 0.29) is 30.1 Å². The Morgan fingerprint density at radius 1 is 0.940 bits per heavy atom. The van der Waals surface area contributed by atoms with Crippen molar-refractivity contribution in [2.24, 2.45) is 7.05 Å². The molecule has 0 bridgehead atoms. The Labute approximate surface area is 295 Å². The first-order chi connectivity index (χ1) is 24.2. The van der Waals surface area contributed by atoms with E-state index in [1.165, 1.54) is 23.9 Å². The maximum absolute atomic E-state index is 13.6. The molecule has 3 N–H and O–H groups in total. The van der Waals surface area contributed by atoms with Gasteiger partial charge in [-0.3, -0.25) is 4.79 Å². The number of hydrogen-bond acceptors (Lipinski definition) is 10. The van der Waals surface area contributed by atoms with Crippen molar-refractivity contribution in [3.05, 3.63) is 131 Å². The number of aromatic nitrogens is 4. The molecule has 1 amide bonds. The molecule has 260 valence electrons. The molecule has 1 aliphatic rings. The fourth-order valence-electron chi connectivity index (χ4n) is 5.50. The van der Waals surface area contributed by atoms with Crippen molar-refractivity contribution in [1.29, 1.82) is 0 Å². The van der Waals surface area contributed by atoms with Gasteiger partial charge >= 0.3 is 0 Å². The SMILES string of the molecule is Cc1ccc(S(=O)(=O)N[C@H](Cc2ccccc2)C(=O)Nc2ccc([C@@H]3O[C@H](CSc4nnnn4C)C[C@H](c4ccc(CO)cc4)O3)cc2)cc1. The van der Waals surface area contributed by atoms with Crippen LogP contribution in [0.1, 0.15) is 46.6 Å². The summed E-state index contributed by atoms with van der Waals surface area (Å²) in [6, 6.07) is 29.4. The number of thioether (sulfide) groups is 1. The highest BCUT2D eigenvalue weighted by Gasteiger charge is 2.33. The highest BCUT2D eigenvalue weighted by Crippen LogP contribution is 2.39. The molecule has 0 saturated carbocycles. The van der Waals surface area contributed by atoms with E-state index in [1.54, 1.807) is 36.0 Å². The molecule has 0 unspecified atom stereocenters. The summed E-state index contributed by atoms with van der Waals surface area (Å²) in [6.45, 7) is 1.83. The number of benzene rings is 4. The lowest BCUT2D eigenvalue weighted by molar-refractivity contribution is -0.245. The number of sulfonamides is 1. The van der Waals surface area contributed by atoms with E-state index in [1.807, 2.05) is 73.7 Å². The fraction of sp³-hybridized carbons (Fsp3) is 0.278. The van der Waals surface area contributed by atoms with Gasteiger partial charge in [0, 0.05) is 30.5 Å². The van der Waals surface area contributed by atoms with Crippen LogP contribution in [-0.4, -0.2) is 57.5 Å². The van der Waals surface area contributed by atoms with Crippen LogP contribution in [0.4, 0.5) is 5.69 Å². The number of aliphatic hydroxyl groups is 1. The van der Waals surface area contributed by atoms with E-state index in [2.05, 4.69) is 25.6 Å². The number of aryl methyl sites for hydroxylation is 2. The molecular formula is C36H38N6O6S2. The number of carbonyl (C=O) groups excluding carboxylic acids is 1. The predicted octanol–water partition coefficient (Wildman–Crippen LogP) is 4.88. The minimum absolute atomic E-state index is 0.0446. The molecular weight excluding hydrogens is 677 g/mol. The van der Waals surface area contributed by atoms with E-state index in [4.69, 9.17) is 9.47 Å². The summed E-state index contributed by atoms with van der Waals surface area (Å²) in [7, 11) is -2.20. The molecule has 1 aromatic heterocycles. The van der Waals surface area contributed by atoms with Crippen molar-refractivity contribution < 1.29 is 27.8 Å². The second-order valence-corrected chi connectivity index (χ2v) is 14.7. The van der Waals surface area contributed by atoms with Crippen LogP contribution in [0.3, 0.4) is 0 Å². The predicted molar refractivity (Wildman–Crippen MR) is 188 cm³/mol. The van der Waals surface area contributed by atoms with Crippen LogP contribution in [-0.2, 0) is 44.4 Å². The summed E-state index contributed by atoms with van der Waals surface area (Å²) in [5.74, 6) is 0.0959. The monoisotopic (exact) mass is 714 g/mol. The first-order valence-electron chi connectivity index (χ1n) is 16.1. The second-order valence-electron chi connectivity index (χ2n) is 12.0. The molecule has 4 atom stereocenters. The summed E-state index contributed by atoms with van der Waals surface area (Å²) in [4.78, 5) is 13.7. The van der Waals surface area contributed by atoms with E-state index < -0.39 is 28.3 Å². The Morgan fingerprint density at radius 2 is 1.64 bits per heavy atom. The molecule has 5 aromatic rings. The van der Waals surface area contributed by atoms with Crippen molar-refractivity contribution in [2.45, 2.75) is 61.0 Å². The topological polar surface area (TPSA) is 158 Å². The molecule has 0 spiro atoms. The first kappa shape index (κ1) is 35.4. The minimum atomic E-state index is -3.98. The van der Waals surface area contributed by atoms with Crippen LogP contribution < -0.4 is 10.0 Å². The Morgan fingerprint density at radius 3 is 2.30 bits per heavy atom. The van der Waals surface area contributed by atoms with Gasteiger partial charge in [0.15, 0.2) is 6.29 Å². The van der Waals surface area contributed by atoms with Crippen molar-refractivity contribution in [2.75, 3.05) is 11.1 Å². The quantitative estimate of drug-likeness (QED) is 0.144. The standard InChI is InChI=1S/C36H38N6O6S2/c1-24-8-18-31(19-9-24)50(45,46)39-32(20-25-6-4-3-5-7-25)34(44)37-29-16-14-28(15-17-29)35-47-30(23-49-36-38-40-41-42(36)2)21-33(48-35)27-12-10-26(22-43)11-13-27/h3-19,30,32-33,35,39,43H,20-23H2,1-2H3,(H,37,44)/t30-,32+,33+,35+/m0/s1. The van der Waals surface area contributed by atoms with Gasteiger partial charge < -0.3 is 19.9 Å². The Hall–Kier alpha value is -4.44. The molecule has 2 heterocycles. The Bertz CT molecular complexity index is 1970. The summed E-state index contributed by atoms with van der Waals surface area (Å²) in [5.41, 5.74) is 4.75. The summed E-state index contributed by atoms with van der Waals surface area (Å²) < 4.78 is 43.7. The number of anilines is 1. The third-order valence-corrected chi connectivity index (χ3v) is 10.9. The summed E-state index contributed by atoms with van der Waals surface area (Å²) >= 11 is 1.49. The number of nitrogens with zero attached hydrogens (tertiary/aromatic N) is 4. The Kier molecular flexibility index (Phi) is 11.4. The number of nitrogens with one attached hydrogen (secondary N) is 2. The van der Waals surface area contributed by atoms with Crippen molar-refractivity contribution in [1.82, 2.24) is 24.9 Å². The zero-order valence-corrected chi connectivity index (χ0v) is 29.2. The summed E-state index contributed by atoms with van der Waals surface area (Å²) in [6.07, 6.45) is -0.416. The highest BCUT2D eigenvalue weighted by molar-refractivity contribution is 7.99. The van der Waals surface area contributed by atoms with Gasteiger partial charge in [-0.1, -0.05) is 96.2 Å². The van der Waals surface area contributed by atoms with Crippen LogP contribution in [0, 0.1) is 6.92 Å². The van der Waals surface area contributed by atoms with Gasteiger partial charge in [-0.2, -0.15) is 4.72 Å². The third kappa shape index (κ3) is 9.01. The molecule has 1 aliphatic heterocycles. The number of aliphatic hydroxyl groups excluding tert-OH is 1. The second kappa shape index (κ2) is 16.1. The molecule has 12 nitrogen and oxygen atoms in total. The highest BCUT2D eigenvalue weighted by atomic mass is 32.2. The van der Waals surface area contributed by atoms with Gasteiger partial charge in [-0.25, -0.2) is 13.1 Å². The normalized spacial score (nSPS) is 18.4. The molecule has 14 heteroatoms. The number of rotatable bonds is 13. The van der Waals surface area contributed by atoms with Gasteiger partial charge in [-0.15, -0.1) is 5.10 Å². The van der Waals surface area contributed by atoms with Crippen LogP contribution in [0.2, 0.25) is 0 Å². The molecule has 50 heavy (non-hydrogen) atoms. The molecule has 1 saturated heterocycles. The van der Waals surface area contributed by atoms with E-state index >= 15 is 0 Å². The number of ether oxygens (including phenoxy) is 2. The lowest BCUT2D eigenvalue weighted by atomic mass is 10.0. The van der Waals surface area contributed by atoms with E-state index in [0.717, 1.165) is 27.8 Å². The lowest BCUT2D eigenvalue weighted by Gasteiger charge is -2.36. The van der Waals surface area contributed by atoms with Gasteiger partial charge in [-0.05, 0) is 64.7 Å². The average molecular weight is 715 g/mol. The molecule has 1 fully saturated rings. The van der Waals surface area contributed by atoms with Gasteiger partial charge in [0.05, 0.1) is 23.7 Å². The minimum Gasteiger partial charge on any atom is -0.392 e. The largest absolute Gasteiger partial charge is 0.392 e. The van der Waals surface area contributed by atoms with Gasteiger partial charge in [0.2, 0.25) is 21.1 Å². The van der Waals surface area contributed by atoms with Crippen molar-refractivity contribution in [3.63, 3.8) is 0 Å². The number of carbonyl (C=O) groups is 1. The average Bonchev–Trinajstić information content (AvgIpc) is 3.55. The van der Waals surface area contributed by atoms with Crippen LogP contribution in [0.15, 0.2) is 113 Å². The zero-order valence-electron chi connectivity index (χ0n) is 27.5. The zero-order chi connectivity index (χ0) is 35.1. The van der Waals surface area contributed by atoms with Crippen LogP contribution in [0.25, 0.3) is 0 Å². The molecule has 4 aromatic carbocycles. The molecule has 0 radical (unpaired) electrons. The first-order valence-corrected chi connectivity index (χ1v) is 18.5. The van der Waals surface area contributed by atoms with E-state index in [9.17, 15) is 18.3 Å². The maximum Gasteiger partial charge on any atom is 0.242 e. The lowest BCUT2D eigenvalue weighted by Crippen LogP contribution is -2.45. The smallest absolute Gasteiger partial charge is 0.242 e. The van der Waals surface area contributed by atoms with Crippen LogP contribution in [0.5, 0.6) is 0 Å². The van der Waals surface area contributed by atoms with Crippen LogP contribution >= 0.6 is 11.8 Å². The van der Waals surface area contributed by atoms with Crippen molar-refractivity contribution >= 4 is 33.4 Å².